The van der Waals surface area contributed by atoms with Crippen LogP contribution in [0.2, 0.25) is 10.0 Å². The Kier molecular flexibility index (Phi) is 5.41. The van der Waals surface area contributed by atoms with Gasteiger partial charge in [-0.3, -0.25) is 5.73 Å². The molecule has 0 aromatic heterocycles. The lowest BCUT2D eigenvalue weighted by molar-refractivity contribution is -0.552. The summed E-state index contributed by atoms with van der Waals surface area (Å²) >= 11 is 11.9. The summed E-state index contributed by atoms with van der Waals surface area (Å²) in [5, 5.41) is 22.3. The average molecular weight is 394 g/mol. The maximum atomic E-state index is 10.1. The minimum Gasteiger partial charge on any atom is -0.506 e. The third-order valence-electron chi connectivity index (χ3n) is 4.02. The van der Waals surface area contributed by atoms with Crippen molar-refractivity contribution >= 4 is 35.3 Å². The second-order valence-electron chi connectivity index (χ2n) is 5.69. The molecule has 7 nitrogen and oxygen atoms in total. The molecule has 0 aliphatic carbocycles. The van der Waals surface area contributed by atoms with Crippen molar-refractivity contribution in [2.75, 3.05) is 13.1 Å². The zero-order valence-electron chi connectivity index (χ0n) is 14.4. The maximum absolute atomic E-state index is 10.1. The van der Waals surface area contributed by atoms with Gasteiger partial charge in [0.1, 0.15) is 11.3 Å². The molecule has 0 fully saturated rings. The van der Waals surface area contributed by atoms with Crippen LogP contribution in [0.25, 0.3) is 0 Å². The van der Waals surface area contributed by atoms with E-state index in [4.69, 9.17) is 28.9 Å². The van der Waals surface area contributed by atoms with E-state index < -0.39 is 0 Å². The molecule has 9 heteroatoms. The van der Waals surface area contributed by atoms with Gasteiger partial charge in [-0.15, -0.1) is 0 Å². The zero-order valence-corrected chi connectivity index (χ0v) is 15.9. The number of phenolic OH excluding ortho intramolecular Hbond substituents is 1. The van der Waals surface area contributed by atoms with Gasteiger partial charge >= 0.3 is 5.84 Å². The Hall–Kier alpha value is -2.22. The van der Waals surface area contributed by atoms with Crippen molar-refractivity contribution in [1.29, 1.82) is 0 Å². The largest absolute Gasteiger partial charge is 0.506 e. The number of nitrogens with one attached hydrogen (secondary N) is 1. The van der Waals surface area contributed by atoms with Crippen LogP contribution in [0.15, 0.2) is 50.5 Å². The molecular formula is C17H19Cl2N6O+. The predicted octanol–water partition coefficient (Wildman–Crippen LogP) is 3.02. The molecule has 1 unspecified atom stereocenters. The van der Waals surface area contributed by atoms with E-state index in [1.54, 1.807) is 6.07 Å². The van der Waals surface area contributed by atoms with E-state index in [-0.39, 0.29) is 16.9 Å². The van der Waals surface area contributed by atoms with Crippen LogP contribution in [0.1, 0.15) is 19.4 Å². The van der Waals surface area contributed by atoms with Crippen molar-refractivity contribution in [2.45, 2.75) is 20.0 Å². The van der Waals surface area contributed by atoms with E-state index >= 15 is 0 Å². The Morgan fingerprint density at radius 1 is 1.35 bits per heavy atom. The number of phenols is 1. The van der Waals surface area contributed by atoms with E-state index in [1.807, 2.05) is 24.5 Å². The van der Waals surface area contributed by atoms with Crippen molar-refractivity contribution < 1.29 is 9.68 Å². The molecule has 0 bridgehead atoms. The van der Waals surface area contributed by atoms with Crippen LogP contribution in [0.4, 0.5) is 0 Å². The highest BCUT2D eigenvalue weighted by Gasteiger charge is 2.38. The second-order valence-corrected chi connectivity index (χ2v) is 6.54. The minimum atomic E-state index is -0.286. The molecule has 0 saturated carbocycles. The van der Waals surface area contributed by atoms with Gasteiger partial charge in [0, 0.05) is 23.3 Å². The number of aromatic hydroxyl groups is 1. The lowest BCUT2D eigenvalue weighted by Gasteiger charge is -2.20. The van der Waals surface area contributed by atoms with Gasteiger partial charge in [0.05, 0.1) is 22.4 Å². The van der Waals surface area contributed by atoms with Crippen LogP contribution in [0.5, 0.6) is 5.75 Å². The third-order valence-corrected chi connectivity index (χ3v) is 4.52. The summed E-state index contributed by atoms with van der Waals surface area (Å²) in [6, 6.07) is 3.04. The van der Waals surface area contributed by atoms with E-state index in [9.17, 15) is 5.11 Å². The number of hydrogen-bond acceptors (Lipinski definition) is 6. The topological polar surface area (TPSA) is 98.4 Å². The van der Waals surface area contributed by atoms with Gasteiger partial charge in [-0.25, -0.2) is 9.57 Å². The summed E-state index contributed by atoms with van der Waals surface area (Å²) in [4.78, 5) is 4.39. The van der Waals surface area contributed by atoms with Gasteiger partial charge in [-0.05, 0) is 37.2 Å². The zero-order chi connectivity index (χ0) is 18.8. The van der Waals surface area contributed by atoms with E-state index in [0.29, 0.717) is 28.8 Å². The summed E-state index contributed by atoms with van der Waals surface area (Å²) < 4.78 is 1.94. The van der Waals surface area contributed by atoms with Crippen LogP contribution >= 0.6 is 23.2 Å². The number of likely N-dealkylation sites (N-methyl/N-ethyl adjacent to an activating group) is 2. The number of azo groups is 1. The SMILES string of the molecule is CCNC1=CC(N)[N+](CC)=C2N=NC(/N=C/c3cc(Cl)cc(Cl)c3O)=C12. The number of fused-ring (bicyclic) bond motifs is 1. The van der Waals surface area contributed by atoms with E-state index in [2.05, 4.69) is 20.5 Å². The molecule has 0 saturated heterocycles. The minimum absolute atomic E-state index is 0.0899. The molecule has 0 amide bonds. The van der Waals surface area contributed by atoms with Crippen molar-refractivity contribution in [3.63, 3.8) is 0 Å². The highest BCUT2D eigenvalue weighted by atomic mass is 35.5. The highest BCUT2D eigenvalue weighted by molar-refractivity contribution is 6.36. The van der Waals surface area contributed by atoms with Crippen LogP contribution in [0, 0.1) is 0 Å². The quantitative estimate of drug-likeness (QED) is 0.529. The lowest BCUT2D eigenvalue weighted by atomic mass is 10.1. The van der Waals surface area contributed by atoms with Crippen molar-refractivity contribution in [2.24, 2.45) is 21.0 Å². The average Bonchev–Trinajstić information content (AvgIpc) is 3.01. The first-order chi connectivity index (χ1) is 12.5. The summed E-state index contributed by atoms with van der Waals surface area (Å²) in [6.45, 7) is 5.41. The molecule has 26 heavy (non-hydrogen) atoms. The lowest BCUT2D eigenvalue weighted by Crippen LogP contribution is -2.42. The van der Waals surface area contributed by atoms with Gasteiger partial charge in [0.25, 0.3) is 0 Å². The first-order valence-electron chi connectivity index (χ1n) is 8.20. The van der Waals surface area contributed by atoms with Gasteiger partial charge < -0.3 is 10.4 Å². The third kappa shape index (κ3) is 3.38. The van der Waals surface area contributed by atoms with Crippen LogP contribution in [0.3, 0.4) is 0 Å². The van der Waals surface area contributed by atoms with Gasteiger partial charge in [-0.1, -0.05) is 23.2 Å². The number of aliphatic imine (C=N–C) groups is 1. The van der Waals surface area contributed by atoms with Gasteiger partial charge in [-0.2, -0.15) is 0 Å². The molecule has 4 N–H and O–H groups in total. The molecule has 2 aliphatic heterocycles. The number of nitrogens with two attached hydrogens (primary N) is 1. The van der Waals surface area contributed by atoms with Crippen LogP contribution in [-0.4, -0.2) is 41.0 Å². The van der Waals surface area contributed by atoms with Crippen LogP contribution < -0.4 is 11.1 Å². The molecule has 2 heterocycles. The fourth-order valence-corrected chi connectivity index (χ4v) is 3.33. The number of benzene rings is 1. The van der Waals surface area contributed by atoms with Gasteiger partial charge in [0.15, 0.2) is 6.17 Å². The Labute approximate surface area is 161 Å². The number of rotatable bonds is 5. The first kappa shape index (κ1) is 18.6. The normalized spacial score (nSPS) is 19.4. The summed E-state index contributed by atoms with van der Waals surface area (Å²) in [5.74, 6) is 1.01. The molecule has 1 atom stereocenters. The molecule has 0 radical (unpaired) electrons. The Morgan fingerprint density at radius 2 is 2.12 bits per heavy atom. The summed E-state index contributed by atoms with van der Waals surface area (Å²) in [5.41, 5.74) is 8.21. The molecule has 2 aliphatic rings. The smallest absolute Gasteiger partial charge is 0.361 e. The van der Waals surface area contributed by atoms with E-state index in [1.165, 1.54) is 12.3 Å². The van der Waals surface area contributed by atoms with Crippen molar-refractivity contribution in [1.82, 2.24) is 5.32 Å². The Bertz CT molecular complexity index is 901. The first-order valence-corrected chi connectivity index (χ1v) is 8.95. The predicted molar refractivity (Wildman–Crippen MR) is 103 cm³/mol. The molecular weight excluding hydrogens is 375 g/mol. The standard InChI is InChI=1S/C17H18Cl2N6O/c1-3-21-12-7-13(20)25(4-2)17-14(12)16(23-24-17)22-8-9-5-10(18)6-11(19)15(9)26/h5-8,13,21H,3-4,20H2,1-2H3/p+1. The summed E-state index contributed by atoms with van der Waals surface area (Å²) in [7, 11) is 0. The summed E-state index contributed by atoms with van der Waals surface area (Å²) in [6.07, 6.45) is 3.10. The Balaban J connectivity index is 2.06. The fourth-order valence-electron chi connectivity index (χ4n) is 2.83. The van der Waals surface area contributed by atoms with Crippen LogP contribution in [-0.2, 0) is 0 Å². The van der Waals surface area contributed by atoms with Crippen molar-refractivity contribution in [3.05, 3.63) is 50.9 Å². The Morgan fingerprint density at radius 3 is 2.81 bits per heavy atom. The number of hydrogen-bond donors (Lipinski definition) is 3. The molecule has 3 rings (SSSR count). The fraction of sp³-hybridized carbons (Fsp3) is 0.294. The van der Waals surface area contributed by atoms with Crippen molar-refractivity contribution in [3.8, 4) is 5.75 Å². The maximum Gasteiger partial charge on any atom is 0.361 e. The number of nitrogens with zero attached hydrogens (tertiary/aromatic N) is 4. The van der Waals surface area contributed by atoms with E-state index in [0.717, 1.165) is 17.8 Å². The number of amidine groups is 1. The molecule has 0 spiro atoms. The molecule has 1 aromatic carbocycles. The van der Waals surface area contributed by atoms with Gasteiger partial charge in [0.2, 0.25) is 5.82 Å². The highest BCUT2D eigenvalue weighted by Crippen LogP contribution is 2.31. The second kappa shape index (κ2) is 7.57. The number of halogens is 2. The molecule has 136 valence electrons. The monoisotopic (exact) mass is 393 g/mol. The molecule has 1 aromatic rings.